The van der Waals surface area contributed by atoms with Crippen LogP contribution in [0, 0.1) is 0 Å². The summed E-state index contributed by atoms with van der Waals surface area (Å²) in [6.07, 6.45) is 0.871. The first-order valence-electron chi connectivity index (χ1n) is 8.17. The summed E-state index contributed by atoms with van der Waals surface area (Å²) in [5, 5.41) is 4.97. The molecular weight excluding hydrogens is 390 g/mol. The van der Waals surface area contributed by atoms with Crippen molar-refractivity contribution < 1.29 is 18.3 Å². The number of aromatic nitrogens is 1. The summed E-state index contributed by atoms with van der Waals surface area (Å²) >= 11 is 1.65. The molecule has 1 N–H and O–H groups in total. The van der Waals surface area contributed by atoms with E-state index in [0.717, 1.165) is 29.0 Å². The number of amides is 1. The van der Waals surface area contributed by atoms with Gasteiger partial charge in [0.15, 0.2) is 5.13 Å². The third-order valence-electron chi connectivity index (χ3n) is 4.06. The molecule has 138 valence electrons. The summed E-state index contributed by atoms with van der Waals surface area (Å²) in [6.45, 7) is 0.688. The van der Waals surface area contributed by atoms with Crippen molar-refractivity contribution in [3.63, 3.8) is 0 Å². The molecule has 3 aromatic rings. The summed E-state index contributed by atoms with van der Waals surface area (Å²) < 4.78 is 30.9. The van der Waals surface area contributed by atoms with E-state index >= 15 is 0 Å². The van der Waals surface area contributed by atoms with Crippen LogP contribution in [0.2, 0.25) is 0 Å². The Morgan fingerprint density at radius 1 is 1.26 bits per heavy atom. The fraction of sp³-hybridized carbons (Fsp3) is 0.158. The van der Waals surface area contributed by atoms with Crippen molar-refractivity contribution in [1.29, 1.82) is 0 Å². The average molecular weight is 404 g/mol. The number of anilines is 1. The zero-order valence-corrected chi connectivity index (χ0v) is 15.6. The van der Waals surface area contributed by atoms with Gasteiger partial charge in [-0.2, -0.15) is 8.78 Å². The van der Waals surface area contributed by atoms with Gasteiger partial charge in [-0.25, -0.2) is 4.98 Å². The van der Waals surface area contributed by atoms with Crippen LogP contribution in [0.15, 0.2) is 52.7 Å². The number of nitrogens with zero attached hydrogens (tertiary/aromatic N) is 1. The first-order valence-corrected chi connectivity index (χ1v) is 9.93. The number of nitrogens with one attached hydrogen (secondary N) is 1. The molecule has 0 atom stereocenters. The Hall–Kier alpha value is -2.45. The summed E-state index contributed by atoms with van der Waals surface area (Å²) in [5.41, 5.74) is 3.04. The van der Waals surface area contributed by atoms with Crippen LogP contribution in [0.25, 0.3) is 11.3 Å². The van der Waals surface area contributed by atoms with E-state index < -0.39 is 11.7 Å². The normalized spacial score (nSPS) is 12.7. The number of thioether (sulfide) groups is 1. The molecule has 0 unspecified atom stereocenters. The van der Waals surface area contributed by atoms with Gasteiger partial charge in [0.25, 0.3) is 11.7 Å². The summed E-state index contributed by atoms with van der Waals surface area (Å²) in [5.74, 6) is -2.15. The summed E-state index contributed by atoms with van der Waals surface area (Å²) in [7, 11) is 0. The fourth-order valence-electron chi connectivity index (χ4n) is 2.83. The SMILES string of the molecule is O=C(Nc1nc(-c2ccc3c(c2)CCO3)cs1)c1ccccc1SC(F)F. The van der Waals surface area contributed by atoms with Crippen LogP contribution >= 0.6 is 23.1 Å². The Morgan fingerprint density at radius 3 is 2.96 bits per heavy atom. The molecular formula is C19H14F2N2O2S2. The maximum absolute atomic E-state index is 12.7. The highest BCUT2D eigenvalue weighted by molar-refractivity contribution is 7.99. The molecule has 1 aliphatic heterocycles. The predicted molar refractivity (Wildman–Crippen MR) is 103 cm³/mol. The second-order valence-electron chi connectivity index (χ2n) is 5.79. The van der Waals surface area contributed by atoms with E-state index in [0.29, 0.717) is 23.5 Å². The van der Waals surface area contributed by atoms with Crippen molar-refractivity contribution in [3.8, 4) is 17.0 Å². The summed E-state index contributed by atoms with van der Waals surface area (Å²) in [4.78, 5) is 17.2. The molecule has 0 saturated carbocycles. The van der Waals surface area contributed by atoms with Crippen molar-refractivity contribution in [2.24, 2.45) is 0 Å². The average Bonchev–Trinajstić information content (AvgIpc) is 3.30. The molecule has 4 nitrogen and oxygen atoms in total. The zero-order chi connectivity index (χ0) is 18.8. The second kappa shape index (κ2) is 7.66. The van der Waals surface area contributed by atoms with E-state index in [1.165, 1.54) is 23.5 Å². The Balaban J connectivity index is 1.52. The molecule has 0 spiro atoms. The lowest BCUT2D eigenvalue weighted by molar-refractivity contribution is 0.102. The fourth-order valence-corrected chi connectivity index (χ4v) is 4.18. The molecule has 0 aliphatic carbocycles. The minimum Gasteiger partial charge on any atom is -0.493 e. The third kappa shape index (κ3) is 3.96. The zero-order valence-electron chi connectivity index (χ0n) is 13.9. The number of benzene rings is 2. The van der Waals surface area contributed by atoms with Gasteiger partial charge in [0.05, 0.1) is 17.9 Å². The number of fused-ring (bicyclic) bond motifs is 1. The van der Waals surface area contributed by atoms with Gasteiger partial charge in [-0.15, -0.1) is 11.3 Å². The standard InChI is InChI=1S/C19H14F2N2O2S2/c20-18(21)27-16-4-2-1-3-13(16)17(24)23-19-22-14(10-26-19)11-5-6-15-12(9-11)7-8-25-15/h1-6,9-10,18H,7-8H2,(H,22,23,24). The van der Waals surface area contributed by atoms with E-state index in [4.69, 9.17) is 4.74 Å². The van der Waals surface area contributed by atoms with Crippen molar-refractivity contribution in [1.82, 2.24) is 4.98 Å². The number of halogens is 2. The predicted octanol–water partition coefficient (Wildman–Crippen LogP) is 5.31. The summed E-state index contributed by atoms with van der Waals surface area (Å²) in [6, 6.07) is 12.2. The molecule has 0 radical (unpaired) electrons. The van der Waals surface area contributed by atoms with Crippen molar-refractivity contribution in [2.75, 3.05) is 11.9 Å². The van der Waals surface area contributed by atoms with Gasteiger partial charge in [-0.3, -0.25) is 10.1 Å². The van der Waals surface area contributed by atoms with Crippen LogP contribution in [-0.4, -0.2) is 23.3 Å². The van der Waals surface area contributed by atoms with E-state index in [1.807, 2.05) is 23.6 Å². The smallest absolute Gasteiger partial charge is 0.288 e. The van der Waals surface area contributed by atoms with E-state index in [1.54, 1.807) is 12.1 Å². The monoisotopic (exact) mass is 404 g/mol. The van der Waals surface area contributed by atoms with E-state index in [2.05, 4.69) is 10.3 Å². The lowest BCUT2D eigenvalue weighted by Gasteiger charge is -2.07. The minimum atomic E-state index is -2.59. The molecule has 4 rings (SSSR count). The van der Waals surface area contributed by atoms with Gasteiger partial charge < -0.3 is 4.74 Å². The van der Waals surface area contributed by atoms with Crippen molar-refractivity contribution in [2.45, 2.75) is 17.1 Å². The van der Waals surface area contributed by atoms with Crippen molar-refractivity contribution >= 4 is 34.1 Å². The van der Waals surface area contributed by atoms with Crippen LogP contribution in [0.1, 0.15) is 15.9 Å². The van der Waals surface area contributed by atoms with Gasteiger partial charge in [0.2, 0.25) is 0 Å². The highest BCUT2D eigenvalue weighted by Crippen LogP contribution is 2.33. The van der Waals surface area contributed by atoms with Gasteiger partial charge >= 0.3 is 0 Å². The molecule has 2 aromatic carbocycles. The van der Waals surface area contributed by atoms with Gasteiger partial charge in [-0.1, -0.05) is 23.9 Å². The molecule has 1 aromatic heterocycles. The van der Waals surface area contributed by atoms with Crippen LogP contribution in [0.5, 0.6) is 5.75 Å². The third-order valence-corrected chi connectivity index (χ3v) is 5.60. The number of thiazole rings is 1. The molecule has 8 heteroatoms. The lowest BCUT2D eigenvalue weighted by atomic mass is 10.1. The quantitative estimate of drug-likeness (QED) is 0.586. The first kappa shape index (κ1) is 17.9. The molecule has 27 heavy (non-hydrogen) atoms. The van der Waals surface area contributed by atoms with Gasteiger partial charge in [-0.05, 0) is 35.9 Å². The van der Waals surface area contributed by atoms with Crippen LogP contribution in [0.4, 0.5) is 13.9 Å². The molecule has 0 bridgehead atoms. The number of carbonyl (C=O) groups excluding carboxylic acids is 1. The number of alkyl halides is 2. The number of hydrogen-bond acceptors (Lipinski definition) is 5. The van der Waals surface area contributed by atoms with Crippen LogP contribution < -0.4 is 10.1 Å². The topological polar surface area (TPSA) is 51.2 Å². The van der Waals surface area contributed by atoms with Crippen molar-refractivity contribution in [3.05, 3.63) is 59.0 Å². The maximum Gasteiger partial charge on any atom is 0.288 e. The minimum absolute atomic E-state index is 0.203. The highest BCUT2D eigenvalue weighted by atomic mass is 32.2. The molecule has 1 amide bonds. The largest absolute Gasteiger partial charge is 0.493 e. The van der Waals surface area contributed by atoms with Gasteiger partial charge in [0, 0.05) is 22.3 Å². The highest BCUT2D eigenvalue weighted by Gasteiger charge is 2.17. The van der Waals surface area contributed by atoms with E-state index in [9.17, 15) is 13.6 Å². The Kier molecular flexibility index (Phi) is 5.09. The molecule has 0 fully saturated rings. The number of carbonyl (C=O) groups is 1. The Morgan fingerprint density at radius 2 is 2.11 bits per heavy atom. The second-order valence-corrected chi connectivity index (χ2v) is 7.68. The Bertz CT molecular complexity index is 991. The van der Waals surface area contributed by atoms with Crippen LogP contribution in [0.3, 0.4) is 0 Å². The number of hydrogen-bond donors (Lipinski definition) is 1. The van der Waals surface area contributed by atoms with E-state index in [-0.39, 0.29) is 10.5 Å². The number of ether oxygens (including phenoxy) is 1. The van der Waals surface area contributed by atoms with Gasteiger partial charge in [0.1, 0.15) is 5.75 Å². The molecule has 0 saturated heterocycles. The molecule has 1 aliphatic rings. The number of rotatable bonds is 5. The van der Waals surface area contributed by atoms with Crippen LogP contribution in [-0.2, 0) is 6.42 Å². The maximum atomic E-state index is 12.7. The molecule has 2 heterocycles. The first-order chi connectivity index (χ1) is 13.1. The lowest BCUT2D eigenvalue weighted by Crippen LogP contribution is -2.13. The Labute approximate surface area is 162 Å².